The molecule has 1 heterocycles. The van der Waals surface area contributed by atoms with Crippen LogP contribution in [0.3, 0.4) is 0 Å². The zero-order valence-electron chi connectivity index (χ0n) is 12.1. The maximum absolute atomic E-state index is 12.6. The van der Waals surface area contributed by atoms with Gasteiger partial charge in [0.1, 0.15) is 0 Å². The summed E-state index contributed by atoms with van der Waals surface area (Å²) in [5.41, 5.74) is 3.61. The molecule has 0 bridgehead atoms. The molecular weight excluding hydrogens is 242 g/mol. The number of anilines is 1. The third kappa shape index (κ3) is 3.90. The van der Waals surface area contributed by atoms with Gasteiger partial charge in [-0.1, -0.05) is 0 Å². The predicted octanol–water partition coefficient (Wildman–Crippen LogP) is 0.779. The van der Waals surface area contributed by atoms with Crippen LogP contribution in [0.15, 0.2) is 18.5 Å². The molecule has 0 aliphatic carbocycles. The summed E-state index contributed by atoms with van der Waals surface area (Å²) in [7, 11) is 3.99. The van der Waals surface area contributed by atoms with Crippen molar-refractivity contribution in [1.29, 1.82) is 0 Å². The second-order valence-electron chi connectivity index (χ2n) is 4.77. The normalized spacial score (nSPS) is 12.3. The number of nitrogens with zero attached hydrogens (tertiary/aromatic N) is 3. The lowest BCUT2D eigenvalue weighted by Gasteiger charge is -2.30. The Labute approximate surface area is 114 Å². The molecule has 19 heavy (non-hydrogen) atoms. The monoisotopic (exact) mass is 265 g/mol. The SMILES string of the molecule is CCN(C(=O)c1ccncc1NN)C(C)CN(C)C. The standard InChI is InChI=1S/C13H23N5O/c1-5-18(10(2)9-17(3)4)13(19)11-6-7-15-8-12(11)16-14/h6-8,10,16H,5,9,14H2,1-4H3. The maximum Gasteiger partial charge on any atom is 0.256 e. The van der Waals surface area contributed by atoms with Crippen LogP contribution in [0.4, 0.5) is 5.69 Å². The first-order valence-electron chi connectivity index (χ1n) is 6.37. The molecule has 1 atom stereocenters. The van der Waals surface area contributed by atoms with Crippen LogP contribution in [0, 0.1) is 0 Å². The summed E-state index contributed by atoms with van der Waals surface area (Å²) < 4.78 is 0. The second kappa shape index (κ2) is 7.06. The number of rotatable bonds is 6. The first kappa shape index (κ1) is 15.4. The fourth-order valence-corrected chi connectivity index (χ4v) is 2.13. The van der Waals surface area contributed by atoms with E-state index in [1.54, 1.807) is 18.5 Å². The first-order valence-corrected chi connectivity index (χ1v) is 6.37. The number of carbonyl (C=O) groups is 1. The molecule has 0 fully saturated rings. The van der Waals surface area contributed by atoms with Gasteiger partial charge in [-0.2, -0.15) is 0 Å². The largest absolute Gasteiger partial charge is 0.335 e. The summed E-state index contributed by atoms with van der Waals surface area (Å²) in [6.07, 6.45) is 3.15. The van der Waals surface area contributed by atoms with Crippen LogP contribution in [0.5, 0.6) is 0 Å². The predicted molar refractivity (Wildman–Crippen MR) is 76.8 cm³/mol. The van der Waals surface area contributed by atoms with Crippen molar-refractivity contribution in [3.05, 3.63) is 24.0 Å². The van der Waals surface area contributed by atoms with E-state index in [-0.39, 0.29) is 11.9 Å². The molecule has 1 aromatic rings. The Bertz CT molecular complexity index is 421. The highest BCUT2D eigenvalue weighted by atomic mass is 16.2. The van der Waals surface area contributed by atoms with Crippen LogP contribution in [0.1, 0.15) is 24.2 Å². The zero-order valence-corrected chi connectivity index (χ0v) is 12.1. The van der Waals surface area contributed by atoms with Crippen LogP contribution in [0.2, 0.25) is 0 Å². The minimum atomic E-state index is -0.0350. The number of nitrogens with one attached hydrogen (secondary N) is 1. The lowest BCUT2D eigenvalue weighted by molar-refractivity contribution is 0.0680. The highest BCUT2D eigenvalue weighted by Gasteiger charge is 2.22. The Hall–Kier alpha value is -1.66. The Morgan fingerprint density at radius 2 is 2.21 bits per heavy atom. The molecule has 0 saturated heterocycles. The van der Waals surface area contributed by atoms with Gasteiger partial charge >= 0.3 is 0 Å². The fourth-order valence-electron chi connectivity index (χ4n) is 2.13. The Morgan fingerprint density at radius 1 is 1.53 bits per heavy atom. The van der Waals surface area contributed by atoms with Crippen molar-refractivity contribution in [3.63, 3.8) is 0 Å². The molecule has 0 aromatic carbocycles. The van der Waals surface area contributed by atoms with E-state index in [0.29, 0.717) is 17.8 Å². The molecule has 0 radical (unpaired) electrons. The molecule has 6 heteroatoms. The number of amides is 1. The van der Waals surface area contributed by atoms with Gasteiger partial charge in [-0.15, -0.1) is 0 Å². The summed E-state index contributed by atoms with van der Waals surface area (Å²) in [4.78, 5) is 20.4. The van der Waals surface area contributed by atoms with Gasteiger partial charge in [0.05, 0.1) is 17.4 Å². The molecule has 6 nitrogen and oxygen atoms in total. The van der Waals surface area contributed by atoms with Crippen molar-refractivity contribution in [2.75, 3.05) is 32.6 Å². The van der Waals surface area contributed by atoms with Crippen LogP contribution in [-0.2, 0) is 0 Å². The quantitative estimate of drug-likeness (QED) is 0.587. The summed E-state index contributed by atoms with van der Waals surface area (Å²) in [6.45, 7) is 5.48. The van der Waals surface area contributed by atoms with Crippen molar-refractivity contribution in [3.8, 4) is 0 Å². The Morgan fingerprint density at radius 3 is 2.74 bits per heavy atom. The Balaban J connectivity index is 2.95. The number of carbonyl (C=O) groups excluding carboxylic acids is 1. The molecule has 106 valence electrons. The number of aromatic nitrogens is 1. The minimum absolute atomic E-state index is 0.0350. The molecule has 0 saturated carbocycles. The molecule has 0 aliphatic heterocycles. The summed E-state index contributed by atoms with van der Waals surface area (Å²) in [6, 6.07) is 1.81. The van der Waals surface area contributed by atoms with Gasteiger partial charge in [0.2, 0.25) is 0 Å². The van der Waals surface area contributed by atoms with Crippen LogP contribution in [0.25, 0.3) is 0 Å². The number of nitrogens with two attached hydrogens (primary N) is 1. The van der Waals surface area contributed by atoms with E-state index < -0.39 is 0 Å². The first-order chi connectivity index (χ1) is 9.01. The summed E-state index contributed by atoms with van der Waals surface area (Å²) >= 11 is 0. The third-order valence-electron chi connectivity index (χ3n) is 2.97. The molecule has 3 N–H and O–H groups in total. The van der Waals surface area contributed by atoms with Gasteiger partial charge in [0, 0.05) is 25.3 Å². The molecule has 1 unspecified atom stereocenters. The second-order valence-corrected chi connectivity index (χ2v) is 4.77. The maximum atomic E-state index is 12.6. The van der Waals surface area contributed by atoms with Crippen molar-refractivity contribution >= 4 is 11.6 Å². The topological polar surface area (TPSA) is 74.5 Å². The Kier molecular flexibility index (Phi) is 5.72. The van der Waals surface area contributed by atoms with E-state index in [2.05, 4.69) is 15.3 Å². The molecule has 1 aromatic heterocycles. The van der Waals surface area contributed by atoms with Gasteiger partial charge in [0.15, 0.2) is 0 Å². The van der Waals surface area contributed by atoms with Crippen molar-refractivity contribution < 1.29 is 4.79 Å². The smallest absolute Gasteiger partial charge is 0.256 e. The highest BCUT2D eigenvalue weighted by Crippen LogP contribution is 2.16. The van der Waals surface area contributed by atoms with Gasteiger partial charge in [-0.25, -0.2) is 0 Å². The van der Waals surface area contributed by atoms with E-state index in [1.807, 2.05) is 32.8 Å². The zero-order chi connectivity index (χ0) is 14.4. The van der Waals surface area contributed by atoms with E-state index in [1.165, 1.54) is 0 Å². The number of hydrogen-bond acceptors (Lipinski definition) is 5. The van der Waals surface area contributed by atoms with Gasteiger partial charge < -0.3 is 15.2 Å². The van der Waals surface area contributed by atoms with Crippen molar-refractivity contribution in [1.82, 2.24) is 14.8 Å². The van der Waals surface area contributed by atoms with Crippen LogP contribution < -0.4 is 11.3 Å². The number of hydrazine groups is 1. The van der Waals surface area contributed by atoms with E-state index in [4.69, 9.17) is 5.84 Å². The van der Waals surface area contributed by atoms with Crippen LogP contribution >= 0.6 is 0 Å². The van der Waals surface area contributed by atoms with Gasteiger partial charge in [-0.3, -0.25) is 15.6 Å². The molecular formula is C13H23N5O. The van der Waals surface area contributed by atoms with Crippen molar-refractivity contribution in [2.45, 2.75) is 19.9 Å². The molecule has 0 aliphatic rings. The molecule has 1 rings (SSSR count). The number of likely N-dealkylation sites (N-methyl/N-ethyl adjacent to an activating group) is 2. The van der Waals surface area contributed by atoms with Crippen LogP contribution in [-0.4, -0.2) is 53.9 Å². The number of pyridine rings is 1. The average Bonchev–Trinajstić information content (AvgIpc) is 2.38. The van der Waals surface area contributed by atoms with Gasteiger partial charge in [0.25, 0.3) is 5.91 Å². The lowest BCUT2D eigenvalue weighted by Crippen LogP contribution is -2.44. The lowest BCUT2D eigenvalue weighted by atomic mass is 10.1. The van der Waals surface area contributed by atoms with Gasteiger partial charge in [-0.05, 0) is 34.0 Å². The summed E-state index contributed by atoms with van der Waals surface area (Å²) in [5.74, 6) is 5.38. The van der Waals surface area contributed by atoms with E-state index in [0.717, 1.165) is 6.54 Å². The summed E-state index contributed by atoms with van der Waals surface area (Å²) in [5, 5.41) is 0. The minimum Gasteiger partial charge on any atom is -0.335 e. The highest BCUT2D eigenvalue weighted by molar-refractivity contribution is 5.99. The fraction of sp³-hybridized carbons (Fsp3) is 0.538. The van der Waals surface area contributed by atoms with E-state index >= 15 is 0 Å². The average molecular weight is 265 g/mol. The molecule has 1 amide bonds. The number of nitrogen functional groups attached to an aromatic ring is 1. The number of hydrogen-bond donors (Lipinski definition) is 2. The van der Waals surface area contributed by atoms with Crippen molar-refractivity contribution in [2.24, 2.45) is 5.84 Å². The van der Waals surface area contributed by atoms with E-state index in [9.17, 15) is 4.79 Å². The molecule has 0 spiro atoms. The third-order valence-corrected chi connectivity index (χ3v) is 2.97.